The predicted molar refractivity (Wildman–Crippen MR) is 82.3 cm³/mol. The number of hydrogen-bond donors (Lipinski definition) is 1. The number of nitrogens with zero attached hydrogens (tertiary/aromatic N) is 5. The standard InChI is InChI=1S/C16H14N6/c1-11(12-2-4-17-5-3-12)15-16-19-10-14(13-8-20-21-9-13)22(16)7-6-18-15/h2-11H,1H3,(H,20,21). The van der Waals surface area contributed by atoms with Gasteiger partial charge in [-0.2, -0.15) is 5.10 Å². The van der Waals surface area contributed by atoms with Crippen molar-refractivity contribution >= 4 is 5.65 Å². The smallest absolute Gasteiger partial charge is 0.159 e. The minimum atomic E-state index is 0.145. The molecule has 0 saturated heterocycles. The number of hydrogen-bond acceptors (Lipinski definition) is 4. The van der Waals surface area contributed by atoms with Gasteiger partial charge in [0.2, 0.25) is 0 Å². The molecule has 0 amide bonds. The quantitative estimate of drug-likeness (QED) is 0.629. The first-order valence-electron chi connectivity index (χ1n) is 7.05. The second kappa shape index (κ2) is 5.07. The molecule has 22 heavy (non-hydrogen) atoms. The van der Waals surface area contributed by atoms with Gasteiger partial charge in [-0.05, 0) is 17.7 Å². The average Bonchev–Trinajstić information content (AvgIpc) is 3.23. The minimum Gasteiger partial charge on any atom is -0.296 e. The first-order chi connectivity index (χ1) is 10.8. The van der Waals surface area contributed by atoms with Crippen molar-refractivity contribution in [2.24, 2.45) is 0 Å². The topological polar surface area (TPSA) is 71.8 Å². The number of rotatable bonds is 3. The molecule has 1 N–H and O–H groups in total. The number of imidazole rings is 1. The van der Waals surface area contributed by atoms with Crippen molar-refractivity contribution in [3.8, 4) is 11.3 Å². The highest BCUT2D eigenvalue weighted by molar-refractivity contribution is 5.63. The molecular weight excluding hydrogens is 276 g/mol. The van der Waals surface area contributed by atoms with Crippen LogP contribution in [0.4, 0.5) is 0 Å². The molecule has 0 aliphatic carbocycles. The summed E-state index contributed by atoms with van der Waals surface area (Å²) < 4.78 is 2.05. The van der Waals surface area contributed by atoms with E-state index in [1.54, 1.807) is 18.6 Å². The molecule has 4 aromatic heterocycles. The van der Waals surface area contributed by atoms with E-state index < -0.39 is 0 Å². The number of pyridine rings is 1. The van der Waals surface area contributed by atoms with Crippen molar-refractivity contribution in [3.63, 3.8) is 0 Å². The van der Waals surface area contributed by atoms with Gasteiger partial charge in [0.05, 0.1) is 23.8 Å². The lowest BCUT2D eigenvalue weighted by molar-refractivity contribution is 0.860. The third kappa shape index (κ3) is 1.96. The van der Waals surface area contributed by atoms with E-state index >= 15 is 0 Å². The van der Waals surface area contributed by atoms with Crippen LogP contribution < -0.4 is 0 Å². The second-order valence-electron chi connectivity index (χ2n) is 5.14. The van der Waals surface area contributed by atoms with E-state index in [1.165, 1.54) is 5.56 Å². The fourth-order valence-electron chi connectivity index (χ4n) is 2.66. The first kappa shape index (κ1) is 12.7. The Morgan fingerprint density at radius 1 is 1.09 bits per heavy atom. The molecule has 0 aliphatic heterocycles. The fourth-order valence-corrected chi connectivity index (χ4v) is 2.66. The first-order valence-corrected chi connectivity index (χ1v) is 7.05. The molecule has 0 radical (unpaired) electrons. The molecule has 4 rings (SSSR count). The molecule has 1 atom stereocenters. The maximum Gasteiger partial charge on any atom is 0.159 e. The Hall–Kier alpha value is -3.02. The summed E-state index contributed by atoms with van der Waals surface area (Å²) in [5.74, 6) is 0.145. The molecule has 0 aromatic carbocycles. The summed E-state index contributed by atoms with van der Waals surface area (Å²) in [6.45, 7) is 2.13. The zero-order valence-corrected chi connectivity index (χ0v) is 12.0. The van der Waals surface area contributed by atoms with Crippen LogP contribution in [0.1, 0.15) is 24.1 Å². The number of nitrogens with one attached hydrogen (secondary N) is 1. The van der Waals surface area contributed by atoms with Gasteiger partial charge in [-0.15, -0.1) is 0 Å². The van der Waals surface area contributed by atoms with Crippen LogP contribution in [0.3, 0.4) is 0 Å². The predicted octanol–water partition coefficient (Wildman–Crippen LogP) is 2.67. The molecule has 0 spiro atoms. The Balaban J connectivity index is 1.86. The van der Waals surface area contributed by atoms with Crippen molar-refractivity contribution in [3.05, 3.63) is 66.8 Å². The summed E-state index contributed by atoms with van der Waals surface area (Å²) in [6.07, 6.45) is 12.8. The molecule has 0 saturated carbocycles. The number of aromatic amines is 1. The van der Waals surface area contributed by atoms with Crippen LogP contribution in [0, 0.1) is 0 Å². The third-order valence-electron chi connectivity index (χ3n) is 3.87. The van der Waals surface area contributed by atoms with Gasteiger partial charge in [-0.3, -0.25) is 19.5 Å². The average molecular weight is 290 g/mol. The maximum atomic E-state index is 4.56. The molecule has 6 nitrogen and oxygen atoms in total. The van der Waals surface area contributed by atoms with Crippen LogP contribution in [0.25, 0.3) is 16.9 Å². The zero-order chi connectivity index (χ0) is 14.9. The summed E-state index contributed by atoms with van der Waals surface area (Å²) in [5.41, 5.74) is 4.98. The summed E-state index contributed by atoms with van der Waals surface area (Å²) in [6, 6.07) is 4.02. The van der Waals surface area contributed by atoms with E-state index in [1.807, 2.05) is 41.3 Å². The van der Waals surface area contributed by atoms with Crippen molar-refractivity contribution in [1.82, 2.24) is 29.5 Å². The van der Waals surface area contributed by atoms with Crippen molar-refractivity contribution in [2.75, 3.05) is 0 Å². The van der Waals surface area contributed by atoms with Gasteiger partial charge in [-0.25, -0.2) is 4.98 Å². The molecule has 1 unspecified atom stereocenters. The van der Waals surface area contributed by atoms with Crippen LogP contribution in [0.5, 0.6) is 0 Å². The highest BCUT2D eigenvalue weighted by Gasteiger charge is 2.17. The summed E-state index contributed by atoms with van der Waals surface area (Å²) in [4.78, 5) is 13.2. The fraction of sp³-hybridized carbons (Fsp3) is 0.125. The maximum absolute atomic E-state index is 4.56. The molecule has 0 aliphatic rings. The van der Waals surface area contributed by atoms with E-state index in [0.29, 0.717) is 0 Å². The monoisotopic (exact) mass is 290 g/mol. The van der Waals surface area contributed by atoms with Crippen LogP contribution >= 0.6 is 0 Å². The van der Waals surface area contributed by atoms with Crippen LogP contribution in [0.2, 0.25) is 0 Å². The molecule has 0 fully saturated rings. The van der Waals surface area contributed by atoms with E-state index in [2.05, 4.69) is 32.1 Å². The molecule has 108 valence electrons. The molecule has 4 aromatic rings. The van der Waals surface area contributed by atoms with Gasteiger partial charge < -0.3 is 0 Å². The van der Waals surface area contributed by atoms with Gasteiger partial charge in [-0.1, -0.05) is 6.92 Å². The van der Waals surface area contributed by atoms with E-state index in [9.17, 15) is 0 Å². The highest BCUT2D eigenvalue weighted by Crippen LogP contribution is 2.27. The lowest BCUT2D eigenvalue weighted by atomic mass is 9.99. The van der Waals surface area contributed by atoms with Crippen molar-refractivity contribution < 1.29 is 0 Å². The lowest BCUT2D eigenvalue weighted by Crippen LogP contribution is -2.03. The summed E-state index contributed by atoms with van der Waals surface area (Å²) >= 11 is 0. The molecule has 0 bridgehead atoms. The normalized spacial score (nSPS) is 12.6. The number of aromatic nitrogens is 6. The Kier molecular flexibility index (Phi) is 2.93. The highest BCUT2D eigenvalue weighted by atomic mass is 15.1. The summed E-state index contributed by atoms with van der Waals surface area (Å²) in [5, 5.41) is 6.83. The Bertz CT molecular complexity index is 895. The van der Waals surface area contributed by atoms with Crippen LogP contribution in [0.15, 0.2) is 55.5 Å². The Labute approximate surface area is 126 Å². The lowest BCUT2D eigenvalue weighted by Gasteiger charge is -2.12. The number of H-pyrrole nitrogens is 1. The van der Waals surface area contributed by atoms with E-state index in [-0.39, 0.29) is 5.92 Å². The van der Waals surface area contributed by atoms with Crippen molar-refractivity contribution in [2.45, 2.75) is 12.8 Å². The van der Waals surface area contributed by atoms with Crippen LogP contribution in [-0.2, 0) is 0 Å². The van der Waals surface area contributed by atoms with Crippen LogP contribution in [-0.4, -0.2) is 29.5 Å². The molecule has 6 heteroatoms. The van der Waals surface area contributed by atoms with Crippen molar-refractivity contribution in [1.29, 1.82) is 0 Å². The minimum absolute atomic E-state index is 0.145. The second-order valence-corrected chi connectivity index (χ2v) is 5.14. The van der Waals surface area contributed by atoms with Gasteiger partial charge in [0, 0.05) is 42.5 Å². The number of fused-ring (bicyclic) bond motifs is 1. The SMILES string of the molecule is CC(c1ccncc1)c1nccn2c(-c3cn[nH]c3)cnc12. The third-order valence-corrected chi connectivity index (χ3v) is 3.87. The molecule has 4 heterocycles. The largest absolute Gasteiger partial charge is 0.296 e. The Morgan fingerprint density at radius 2 is 1.95 bits per heavy atom. The zero-order valence-electron chi connectivity index (χ0n) is 12.0. The molecular formula is C16H14N6. The Morgan fingerprint density at radius 3 is 2.73 bits per heavy atom. The van der Waals surface area contributed by atoms with Gasteiger partial charge in [0.15, 0.2) is 5.65 Å². The van der Waals surface area contributed by atoms with E-state index in [4.69, 9.17) is 0 Å². The van der Waals surface area contributed by atoms with Gasteiger partial charge in [0.25, 0.3) is 0 Å². The van der Waals surface area contributed by atoms with Gasteiger partial charge >= 0.3 is 0 Å². The van der Waals surface area contributed by atoms with Gasteiger partial charge in [0.1, 0.15) is 0 Å². The van der Waals surface area contributed by atoms with E-state index in [0.717, 1.165) is 22.6 Å². The summed E-state index contributed by atoms with van der Waals surface area (Å²) in [7, 11) is 0.